The van der Waals surface area contributed by atoms with Gasteiger partial charge in [-0.05, 0) is 12.1 Å². The third-order valence-corrected chi connectivity index (χ3v) is 2.57. The third-order valence-electron chi connectivity index (χ3n) is 2.30. The maximum Gasteiger partial charge on any atom is 0.248 e. The Balaban J connectivity index is 2.65. The Morgan fingerprint density at radius 3 is 2.56 bits per heavy atom. The van der Waals surface area contributed by atoms with Gasteiger partial charge < -0.3 is 4.98 Å². The number of nitrogens with one attached hydrogen (secondary N) is 1. The van der Waals surface area contributed by atoms with E-state index in [1.54, 1.807) is 24.3 Å². The van der Waals surface area contributed by atoms with Crippen LogP contribution in [0.2, 0.25) is 0 Å². The van der Waals surface area contributed by atoms with Gasteiger partial charge in [0, 0.05) is 22.9 Å². The van der Waals surface area contributed by atoms with E-state index in [1.165, 1.54) is 12.1 Å². The van der Waals surface area contributed by atoms with Crippen molar-refractivity contribution in [3.05, 3.63) is 58.3 Å². The molecule has 1 aromatic carbocycles. The molecule has 0 saturated heterocycles. The predicted octanol–water partition coefficient (Wildman–Crippen LogP) is 2.92. The van der Waals surface area contributed by atoms with Gasteiger partial charge in [-0.2, -0.15) is 0 Å². The van der Waals surface area contributed by atoms with Gasteiger partial charge in [-0.25, -0.2) is 4.39 Å². The molecule has 2 nitrogen and oxygen atoms in total. The SMILES string of the molecule is O=c1ccc(-c2ccccc2F)c(CCl)[nH]1. The van der Waals surface area contributed by atoms with Crippen molar-refractivity contribution in [2.24, 2.45) is 0 Å². The Labute approximate surface area is 96.7 Å². The molecule has 0 unspecified atom stereocenters. The maximum absolute atomic E-state index is 13.6. The van der Waals surface area contributed by atoms with Gasteiger partial charge in [0.2, 0.25) is 5.56 Å². The van der Waals surface area contributed by atoms with Crippen LogP contribution in [-0.2, 0) is 5.88 Å². The third kappa shape index (κ3) is 1.99. The van der Waals surface area contributed by atoms with Crippen molar-refractivity contribution in [1.82, 2.24) is 4.98 Å². The molecule has 1 N–H and O–H groups in total. The van der Waals surface area contributed by atoms with Crippen LogP contribution < -0.4 is 5.56 Å². The zero-order valence-corrected chi connectivity index (χ0v) is 9.09. The molecule has 0 bridgehead atoms. The zero-order valence-electron chi connectivity index (χ0n) is 8.34. The minimum absolute atomic E-state index is 0.139. The average Bonchev–Trinajstić information content (AvgIpc) is 2.30. The smallest absolute Gasteiger partial charge is 0.248 e. The number of aromatic nitrogens is 1. The van der Waals surface area contributed by atoms with E-state index in [9.17, 15) is 9.18 Å². The van der Waals surface area contributed by atoms with Crippen molar-refractivity contribution in [1.29, 1.82) is 0 Å². The predicted molar refractivity (Wildman–Crippen MR) is 62.0 cm³/mol. The first-order chi connectivity index (χ1) is 7.72. The fourth-order valence-corrected chi connectivity index (χ4v) is 1.77. The standard InChI is InChI=1S/C12H9ClFNO/c13-7-11-9(5-6-12(16)15-11)8-3-1-2-4-10(8)14/h1-6H,7H2,(H,15,16). The molecular weight excluding hydrogens is 229 g/mol. The molecule has 0 amide bonds. The molecule has 0 fully saturated rings. The lowest BCUT2D eigenvalue weighted by Crippen LogP contribution is -2.07. The van der Waals surface area contributed by atoms with Crippen molar-refractivity contribution in [2.45, 2.75) is 5.88 Å². The van der Waals surface area contributed by atoms with Crippen LogP contribution >= 0.6 is 11.6 Å². The number of hydrogen-bond acceptors (Lipinski definition) is 1. The molecule has 0 spiro atoms. The van der Waals surface area contributed by atoms with Gasteiger partial charge in [0.05, 0.1) is 5.88 Å². The number of alkyl halides is 1. The molecule has 0 saturated carbocycles. The summed E-state index contributed by atoms with van der Waals surface area (Å²) in [5, 5.41) is 0. The summed E-state index contributed by atoms with van der Waals surface area (Å²) < 4.78 is 13.6. The van der Waals surface area contributed by atoms with Crippen molar-refractivity contribution in [3.63, 3.8) is 0 Å². The topological polar surface area (TPSA) is 32.9 Å². The molecule has 4 heteroatoms. The Hall–Kier alpha value is -1.61. The van der Waals surface area contributed by atoms with Gasteiger partial charge in [0.1, 0.15) is 5.82 Å². The Bertz CT molecular complexity index is 565. The highest BCUT2D eigenvalue weighted by Crippen LogP contribution is 2.24. The van der Waals surface area contributed by atoms with Crippen LogP contribution in [0.25, 0.3) is 11.1 Å². The molecular formula is C12H9ClFNO. The summed E-state index contributed by atoms with van der Waals surface area (Å²) in [7, 11) is 0. The highest BCUT2D eigenvalue weighted by Gasteiger charge is 2.09. The van der Waals surface area contributed by atoms with Crippen LogP contribution in [0.15, 0.2) is 41.2 Å². The molecule has 82 valence electrons. The molecule has 0 aliphatic carbocycles. The second-order valence-electron chi connectivity index (χ2n) is 3.33. The largest absolute Gasteiger partial charge is 0.324 e. The molecule has 16 heavy (non-hydrogen) atoms. The molecule has 0 aliphatic heterocycles. The molecule has 0 aliphatic rings. The number of hydrogen-bond donors (Lipinski definition) is 1. The minimum atomic E-state index is -0.332. The van der Waals surface area contributed by atoms with E-state index in [4.69, 9.17) is 11.6 Å². The highest BCUT2D eigenvalue weighted by atomic mass is 35.5. The van der Waals surface area contributed by atoms with E-state index >= 15 is 0 Å². The number of halogens is 2. The summed E-state index contributed by atoms with van der Waals surface area (Å²) in [6, 6.07) is 9.32. The quantitative estimate of drug-likeness (QED) is 0.801. The first-order valence-electron chi connectivity index (χ1n) is 4.75. The van der Waals surface area contributed by atoms with Gasteiger partial charge in [-0.3, -0.25) is 4.79 Å². The number of pyridine rings is 1. The number of aromatic amines is 1. The average molecular weight is 238 g/mol. The number of H-pyrrole nitrogens is 1. The first kappa shape index (κ1) is 10.9. The fraction of sp³-hybridized carbons (Fsp3) is 0.0833. The fourth-order valence-electron chi connectivity index (χ4n) is 1.55. The number of rotatable bonds is 2. The van der Waals surface area contributed by atoms with Gasteiger partial charge in [0.25, 0.3) is 0 Å². The Morgan fingerprint density at radius 2 is 1.88 bits per heavy atom. The van der Waals surface area contributed by atoms with E-state index < -0.39 is 0 Å². The van der Waals surface area contributed by atoms with E-state index in [2.05, 4.69) is 4.98 Å². The van der Waals surface area contributed by atoms with E-state index in [1.807, 2.05) is 0 Å². The molecule has 0 radical (unpaired) electrons. The van der Waals surface area contributed by atoms with Gasteiger partial charge in [-0.15, -0.1) is 11.6 Å². The van der Waals surface area contributed by atoms with Crippen molar-refractivity contribution in [2.75, 3.05) is 0 Å². The van der Waals surface area contributed by atoms with Gasteiger partial charge in [0.15, 0.2) is 0 Å². The van der Waals surface area contributed by atoms with Crippen LogP contribution in [0.5, 0.6) is 0 Å². The second-order valence-corrected chi connectivity index (χ2v) is 3.60. The summed E-state index contributed by atoms with van der Waals surface area (Å²) in [5.74, 6) is -0.194. The lowest BCUT2D eigenvalue weighted by atomic mass is 10.0. The van der Waals surface area contributed by atoms with Gasteiger partial charge in [-0.1, -0.05) is 18.2 Å². The van der Waals surface area contributed by atoms with E-state index in [0.29, 0.717) is 16.8 Å². The summed E-state index contributed by atoms with van der Waals surface area (Å²) in [6.07, 6.45) is 0. The summed E-state index contributed by atoms with van der Waals surface area (Å²) in [5.41, 5.74) is 1.34. The normalized spacial score (nSPS) is 10.4. The molecule has 0 atom stereocenters. The van der Waals surface area contributed by atoms with Crippen molar-refractivity contribution < 1.29 is 4.39 Å². The van der Waals surface area contributed by atoms with Crippen LogP contribution in [-0.4, -0.2) is 4.98 Å². The van der Waals surface area contributed by atoms with Crippen LogP contribution in [0.1, 0.15) is 5.69 Å². The van der Waals surface area contributed by atoms with E-state index in [0.717, 1.165) is 0 Å². The Kier molecular flexibility index (Phi) is 3.06. The summed E-state index contributed by atoms with van der Waals surface area (Å²) in [6.45, 7) is 0. The maximum atomic E-state index is 13.6. The van der Waals surface area contributed by atoms with Crippen LogP contribution in [0.3, 0.4) is 0 Å². The molecule has 2 aromatic rings. The molecule has 1 heterocycles. The summed E-state index contributed by atoms with van der Waals surface area (Å²) >= 11 is 5.71. The lowest BCUT2D eigenvalue weighted by molar-refractivity contribution is 0.631. The molecule has 2 rings (SSSR count). The van der Waals surface area contributed by atoms with Crippen LogP contribution in [0.4, 0.5) is 4.39 Å². The second kappa shape index (κ2) is 4.49. The monoisotopic (exact) mass is 237 g/mol. The van der Waals surface area contributed by atoms with Crippen LogP contribution in [0, 0.1) is 5.82 Å². The van der Waals surface area contributed by atoms with Crippen molar-refractivity contribution in [3.8, 4) is 11.1 Å². The Morgan fingerprint density at radius 1 is 1.12 bits per heavy atom. The van der Waals surface area contributed by atoms with Gasteiger partial charge >= 0.3 is 0 Å². The summed E-state index contributed by atoms with van der Waals surface area (Å²) in [4.78, 5) is 13.7. The lowest BCUT2D eigenvalue weighted by Gasteiger charge is -2.07. The zero-order chi connectivity index (χ0) is 11.5. The number of benzene rings is 1. The van der Waals surface area contributed by atoms with Crippen molar-refractivity contribution >= 4 is 11.6 Å². The highest BCUT2D eigenvalue weighted by molar-refractivity contribution is 6.17. The van der Waals surface area contributed by atoms with E-state index in [-0.39, 0.29) is 17.3 Å². The molecule has 1 aromatic heterocycles. The minimum Gasteiger partial charge on any atom is -0.324 e. The first-order valence-corrected chi connectivity index (χ1v) is 5.29.